The lowest BCUT2D eigenvalue weighted by Crippen LogP contribution is -2.43. The molecule has 1 fully saturated rings. The van der Waals surface area contributed by atoms with E-state index in [1.807, 2.05) is 12.4 Å². The Balaban J connectivity index is 1.46. The van der Waals surface area contributed by atoms with Gasteiger partial charge >= 0.3 is 0 Å². The largest absolute Gasteiger partial charge is 0.497 e. The molecular weight excluding hydrogens is 314 g/mol. The first-order valence-corrected chi connectivity index (χ1v) is 9.33. The zero-order valence-corrected chi connectivity index (χ0v) is 15.1. The number of hydrogen-bond donors (Lipinski definition) is 1. The maximum Gasteiger partial charge on any atom is 0.139 e. The highest BCUT2D eigenvalue weighted by molar-refractivity contribution is 5.38. The summed E-state index contributed by atoms with van der Waals surface area (Å²) < 4.78 is 13.6. The van der Waals surface area contributed by atoms with Crippen molar-refractivity contribution in [2.75, 3.05) is 13.7 Å². The molecule has 1 aromatic carbocycles. The highest BCUT2D eigenvalue weighted by Crippen LogP contribution is 2.31. The van der Waals surface area contributed by atoms with Gasteiger partial charge in [-0.2, -0.15) is 0 Å². The van der Waals surface area contributed by atoms with Gasteiger partial charge in [-0.25, -0.2) is 4.98 Å². The summed E-state index contributed by atoms with van der Waals surface area (Å²) in [4.78, 5) is 4.55. The van der Waals surface area contributed by atoms with Crippen LogP contribution in [0.15, 0.2) is 30.6 Å². The van der Waals surface area contributed by atoms with E-state index in [4.69, 9.17) is 9.47 Å². The first-order valence-electron chi connectivity index (χ1n) is 9.33. The van der Waals surface area contributed by atoms with Crippen LogP contribution in [0.3, 0.4) is 0 Å². The topological polar surface area (TPSA) is 48.3 Å². The molecule has 2 aliphatic rings. The lowest BCUT2D eigenvalue weighted by molar-refractivity contribution is 0.0860. The number of nitrogens with zero attached hydrogens (tertiary/aromatic N) is 2. The molecule has 0 bridgehead atoms. The highest BCUT2D eigenvalue weighted by atomic mass is 16.5. The van der Waals surface area contributed by atoms with Crippen molar-refractivity contribution in [1.82, 2.24) is 14.9 Å². The molecule has 1 unspecified atom stereocenters. The number of aromatic nitrogens is 2. The number of fused-ring (bicyclic) bond motifs is 1. The smallest absolute Gasteiger partial charge is 0.139 e. The van der Waals surface area contributed by atoms with Gasteiger partial charge in [-0.05, 0) is 55.9 Å². The van der Waals surface area contributed by atoms with E-state index < -0.39 is 0 Å². The molecule has 0 saturated carbocycles. The van der Waals surface area contributed by atoms with Crippen molar-refractivity contribution in [3.05, 3.63) is 47.5 Å². The Kier molecular flexibility index (Phi) is 4.77. The molecule has 1 saturated heterocycles. The summed E-state index contributed by atoms with van der Waals surface area (Å²) >= 11 is 0. The fourth-order valence-electron chi connectivity index (χ4n) is 4.17. The molecule has 4 rings (SSSR count). The summed E-state index contributed by atoms with van der Waals surface area (Å²) in [5.41, 5.74) is 2.87. The third kappa shape index (κ3) is 3.31. The first kappa shape index (κ1) is 16.6. The number of aryl methyl sites for hydroxylation is 2. The Labute approximate surface area is 149 Å². The van der Waals surface area contributed by atoms with Gasteiger partial charge in [-0.1, -0.05) is 6.07 Å². The van der Waals surface area contributed by atoms with E-state index in [0.717, 1.165) is 44.0 Å². The molecule has 25 heavy (non-hydrogen) atoms. The molecule has 1 aromatic heterocycles. The van der Waals surface area contributed by atoms with E-state index in [2.05, 4.69) is 40.0 Å². The standard InChI is InChI=1S/C20H27N3O2/c1-3-23-10-9-21-20(23)19-18(8-11-25-19)22-16-6-4-14-5-7-17(24-2)13-15(14)12-16/h5,7,9-10,13,16,18-19,22H,3-4,6,8,11-12H2,1-2H3/t16?,18-,19-/m0/s1. The zero-order valence-electron chi connectivity index (χ0n) is 15.1. The van der Waals surface area contributed by atoms with Crippen LogP contribution in [-0.4, -0.2) is 35.4 Å². The molecule has 1 N–H and O–H groups in total. The van der Waals surface area contributed by atoms with Crippen LogP contribution in [0, 0.1) is 0 Å². The van der Waals surface area contributed by atoms with Crippen LogP contribution in [0.25, 0.3) is 0 Å². The Morgan fingerprint density at radius 1 is 1.32 bits per heavy atom. The quantitative estimate of drug-likeness (QED) is 0.908. The summed E-state index contributed by atoms with van der Waals surface area (Å²) in [5.74, 6) is 2.00. The SMILES string of the molecule is CCn1ccnc1[C@H]1OCC[C@@H]1NC1CCc2ccc(OC)cc2C1. The molecule has 0 amide bonds. The van der Waals surface area contributed by atoms with E-state index in [1.165, 1.54) is 17.5 Å². The van der Waals surface area contributed by atoms with Crippen LogP contribution in [0.4, 0.5) is 0 Å². The molecule has 1 aliphatic heterocycles. The monoisotopic (exact) mass is 341 g/mol. The van der Waals surface area contributed by atoms with Crippen molar-refractivity contribution >= 4 is 0 Å². The second-order valence-corrected chi connectivity index (χ2v) is 7.00. The Hall–Kier alpha value is -1.85. The van der Waals surface area contributed by atoms with E-state index in [-0.39, 0.29) is 6.10 Å². The Morgan fingerprint density at radius 3 is 3.08 bits per heavy atom. The highest BCUT2D eigenvalue weighted by Gasteiger charge is 2.34. The number of ether oxygens (including phenoxy) is 2. The fraction of sp³-hybridized carbons (Fsp3) is 0.550. The third-order valence-corrected chi connectivity index (χ3v) is 5.53. The number of hydrogen-bond acceptors (Lipinski definition) is 4. The fourth-order valence-corrected chi connectivity index (χ4v) is 4.17. The second-order valence-electron chi connectivity index (χ2n) is 7.00. The molecule has 0 spiro atoms. The zero-order chi connectivity index (χ0) is 17.2. The van der Waals surface area contributed by atoms with Gasteiger partial charge in [0, 0.05) is 37.6 Å². The van der Waals surface area contributed by atoms with Gasteiger partial charge in [0.25, 0.3) is 0 Å². The molecule has 134 valence electrons. The molecule has 0 radical (unpaired) electrons. The number of rotatable bonds is 5. The van der Waals surface area contributed by atoms with Gasteiger partial charge in [0.2, 0.25) is 0 Å². The van der Waals surface area contributed by atoms with Crippen molar-refractivity contribution in [2.24, 2.45) is 0 Å². The van der Waals surface area contributed by atoms with Gasteiger partial charge < -0.3 is 19.4 Å². The van der Waals surface area contributed by atoms with Gasteiger partial charge in [0.05, 0.1) is 7.11 Å². The van der Waals surface area contributed by atoms with Crippen molar-refractivity contribution in [3.63, 3.8) is 0 Å². The van der Waals surface area contributed by atoms with Gasteiger partial charge in [0.15, 0.2) is 0 Å². The van der Waals surface area contributed by atoms with Crippen molar-refractivity contribution in [1.29, 1.82) is 0 Å². The second kappa shape index (κ2) is 7.18. The van der Waals surface area contributed by atoms with Crippen LogP contribution in [0.1, 0.15) is 42.8 Å². The van der Waals surface area contributed by atoms with Crippen LogP contribution in [0.2, 0.25) is 0 Å². The van der Waals surface area contributed by atoms with E-state index in [1.54, 1.807) is 7.11 Å². The van der Waals surface area contributed by atoms with E-state index in [0.29, 0.717) is 12.1 Å². The molecule has 2 heterocycles. The predicted molar refractivity (Wildman–Crippen MR) is 96.9 cm³/mol. The van der Waals surface area contributed by atoms with Crippen LogP contribution >= 0.6 is 0 Å². The van der Waals surface area contributed by atoms with Gasteiger partial charge in [-0.3, -0.25) is 0 Å². The summed E-state index contributed by atoms with van der Waals surface area (Å²) in [7, 11) is 1.73. The minimum atomic E-state index is 0.0571. The maximum atomic E-state index is 6.03. The molecular formula is C20H27N3O2. The lowest BCUT2D eigenvalue weighted by atomic mass is 9.87. The predicted octanol–water partition coefficient (Wildman–Crippen LogP) is 2.89. The average molecular weight is 341 g/mol. The average Bonchev–Trinajstić information content (AvgIpc) is 3.29. The first-order chi connectivity index (χ1) is 12.3. The Morgan fingerprint density at radius 2 is 2.24 bits per heavy atom. The molecule has 5 heteroatoms. The normalized spacial score (nSPS) is 25.8. The number of benzene rings is 1. The molecule has 5 nitrogen and oxygen atoms in total. The van der Waals surface area contributed by atoms with Crippen molar-refractivity contribution in [2.45, 2.75) is 57.3 Å². The summed E-state index contributed by atoms with van der Waals surface area (Å²) in [6.45, 7) is 3.88. The minimum Gasteiger partial charge on any atom is -0.497 e. The summed E-state index contributed by atoms with van der Waals surface area (Å²) in [6, 6.07) is 7.29. The lowest BCUT2D eigenvalue weighted by Gasteiger charge is -2.30. The number of nitrogens with one attached hydrogen (secondary N) is 1. The molecule has 1 aliphatic carbocycles. The number of methoxy groups -OCH3 is 1. The minimum absolute atomic E-state index is 0.0571. The third-order valence-electron chi connectivity index (χ3n) is 5.53. The summed E-state index contributed by atoms with van der Waals surface area (Å²) in [5, 5.41) is 3.87. The van der Waals surface area contributed by atoms with E-state index in [9.17, 15) is 0 Å². The van der Waals surface area contributed by atoms with Crippen LogP contribution in [0.5, 0.6) is 5.75 Å². The van der Waals surface area contributed by atoms with Crippen LogP contribution in [-0.2, 0) is 24.1 Å². The van der Waals surface area contributed by atoms with Gasteiger partial charge in [-0.15, -0.1) is 0 Å². The van der Waals surface area contributed by atoms with Crippen LogP contribution < -0.4 is 10.1 Å². The number of imidazole rings is 1. The summed E-state index contributed by atoms with van der Waals surface area (Å²) in [6.07, 6.45) is 8.36. The Bertz CT molecular complexity index is 727. The van der Waals surface area contributed by atoms with Gasteiger partial charge in [0.1, 0.15) is 17.7 Å². The van der Waals surface area contributed by atoms with E-state index >= 15 is 0 Å². The molecule has 2 aromatic rings. The van der Waals surface area contributed by atoms with Crippen molar-refractivity contribution < 1.29 is 9.47 Å². The van der Waals surface area contributed by atoms with Crippen molar-refractivity contribution in [3.8, 4) is 5.75 Å². The maximum absolute atomic E-state index is 6.03. The molecule has 3 atom stereocenters.